The molecular formula is C48H58N4O9. The highest BCUT2D eigenvalue weighted by molar-refractivity contribution is 6.08. The number of ether oxygens (including phenoxy) is 6. The number of aromatic nitrogens is 1. The summed E-state index contributed by atoms with van der Waals surface area (Å²) in [5.41, 5.74) is 3.63. The van der Waals surface area contributed by atoms with Gasteiger partial charge in [0.05, 0.1) is 36.4 Å². The molecule has 61 heavy (non-hydrogen) atoms. The number of nitrogens with one attached hydrogen (secondary N) is 1. The second-order valence-electron chi connectivity index (χ2n) is 19.7. The first-order valence-electron chi connectivity index (χ1n) is 22.6. The molecule has 6 fully saturated rings. The third-order valence-electron chi connectivity index (χ3n) is 16.2. The van der Waals surface area contributed by atoms with Gasteiger partial charge in [-0.15, -0.1) is 0 Å². The zero-order valence-corrected chi connectivity index (χ0v) is 36.2. The summed E-state index contributed by atoms with van der Waals surface area (Å²) >= 11 is 0. The van der Waals surface area contributed by atoms with Gasteiger partial charge in [0, 0.05) is 60.4 Å². The number of pyridine rings is 1. The molecule has 10 atom stereocenters. The number of methoxy groups -OCH3 is 1. The number of cyclic esters (lactones) is 1. The number of piperazine rings is 1. The van der Waals surface area contributed by atoms with Crippen LogP contribution in [0, 0.1) is 24.2 Å². The molecule has 3 aromatic rings. The van der Waals surface area contributed by atoms with Gasteiger partial charge in [-0.05, 0) is 99.7 Å². The van der Waals surface area contributed by atoms with Crippen molar-refractivity contribution in [3.05, 3.63) is 53.1 Å². The van der Waals surface area contributed by atoms with Gasteiger partial charge < -0.3 is 38.6 Å². The largest absolute Gasteiger partial charge is 0.497 e. The van der Waals surface area contributed by atoms with Crippen molar-refractivity contribution in [3.63, 3.8) is 0 Å². The monoisotopic (exact) mass is 834 g/mol. The van der Waals surface area contributed by atoms with Crippen LogP contribution in [0.25, 0.3) is 21.8 Å². The van der Waals surface area contributed by atoms with E-state index in [0.717, 1.165) is 89.7 Å². The Morgan fingerprint density at radius 1 is 0.984 bits per heavy atom. The summed E-state index contributed by atoms with van der Waals surface area (Å²) in [7, 11) is 1.69. The molecule has 1 amide bonds. The molecule has 13 heteroatoms. The van der Waals surface area contributed by atoms with Crippen molar-refractivity contribution in [2.75, 3.05) is 51.8 Å². The Hall–Kier alpha value is -4.30. The summed E-state index contributed by atoms with van der Waals surface area (Å²) in [6, 6.07) is 12.7. The molecule has 324 valence electrons. The van der Waals surface area contributed by atoms with Gasteiger partial charge in [-0.25, -0.2) is 9.78 Å². The van der Waals surface area contributed by atoms with E-state index in [1.54, 1.807) is 7.11 Å². The Morgan fingerprint density at radius 2 is 1.80 bits per heavy atom. The van der Waals surface area contributed by atoms with Crippen LogP contribution in [0.3, 0.4) is 0 Å². The van der Waals surface area contributed by atoms with Crippen LogP contribution in [0.1, 0.15) is 78.2 Å². The van der Waals surface area contributed by atoms with Gasteiger partial charge >= 0.3 is 11.9 Å². The maximum absolute atomic E-state index is 13.8. The average Bonchev–Trinajstić information content (AvgIpc) is 4.18. The second-order valence-corrected chi connectivity index (χ2v) is 19.7. The number of esters is 2. The number of hydrogen-bond donors (Lipinski definition) is 1. The predicted octanol–water partition coefficient (Wildman–Crippen LogP) is 5.88. The number of carbonyl (C=O) groups excluding carboxylic acids is 3. The minimum absolute atomic E-state index is 0.00133. The molecule has 8 aliphatic rings. The van der Waals surface area contributed by atoms with Crippen LogP contribution in [-0.2, 0) is 38.1 Å². The lowest BCUT2D eigenvalue weighted by molar-refractivity contribution is -0.170. The Balaban J connectivity index is 0.685. The van der Waals surface area contributed by atoms with Crippen molar-refractivity contribution in [2.45, 2.75) is 127 Å². The summed E-state index contributed by atoms with van der Waals surface area (Å²) in [4.78, 5) is 49.1. The summed E-state index contributed by atoms with van der Waals surface area (Å²) < 4.78 is 37.7. The number of anilines is 1. The highest BCUT2D eigenvalue weighted by atomic mass is 16.8. The van der Waals surface area contributed by atoms with E-state index in [1.165, 1.54) is 5.56 Å². The third kappa shape index (κ3) is 5.64. The van der Waals surface area contributed by atoms with Crippen LogP contribution in [-0.4, -0.2) is 126 Å². The number of aryl methyl sites for hydroxylation is 1. The number of nitrogens with zero attached hydrogens (tertiary/aromatic N) is 3. The fourth-order valence-corrected chi connectivity index (χ4v) is 12.9. The molecule has 6 heterocycles. The molecule has 1 unspecified atom stereocenters. The maximum Gasteiger partial charge on any atom is 0.334 e. The van der Waals surface area contributed by atoms with Crippen LogP contribution in [0.5, 0.6) is 5.75 Å². The van der Waals surface area contributed by atoms with Crippen LogP contribution >= 0.6 is 0 Å². The van der Waals surface area contributed by atoms with Crippen molar-refractivity contribution in [1.29, 1.82) is 0 Å². The fourth-order valence-electron chi connectivity index (χ4n) is 12.9. The van der Waals surface area contributed by atoms with Crippen molar-refractivity contribution in [2.24, 2.45) is 17.3 Å². The summed E-state index contributed by atoms with van der Waals surface area (Å²) in [6.07, 6.45) is 3.12. The Bertz CT molecular complexity index is 2390. The van der Waals surface area contributed by atoms with Gasteiger partial charge in [-0.3, -0.25) is 14.5 Å². The summed E-state index contributed by atoms with van der Waals surface area (Å²) in [5, 5.41) is 5.97. The van der Waals surface area contributed by atoms with E-state index in [1.807, 2.05) is 17.0 Å². The highest BCUT2D eigenvalue weighted by Crippen LogP contribution is 2.83. The number of rotatable bonds is 12. The number of amides is 1. The average molecular weight is 835 g/mol. The van der Waals surface area contributed by atoms with Crippen molar-refractivity contribution < 1.29 is 42.8 Å². The molecule has 2 spiro atoms. The quantitative estimate of drug-likeness (QED) is 0.132. The molecule has 3 aliphatic carbocycles. The maximum atomic E-state index is 13.8. The first-order valence-corrected chi connectivity index (χ1v) is 22.6. The van der Waals surface area contributed by atoms with Crippen LogP contribution in [0.2, 0.25) is 0 Å². The molecule has 13 nitrogen and oxygen atoms in total. The van der Waals surface area contributed by atoms with Gasteiger partial charge in [-0.2, -0.15) is 0 Å². The third-order valence-corrected chi connectivity index (χ3v) is 16.2. The van der Waals surface area contributed by atoms with Gasteiger partial charge in [0.15, 0.2) is 11.7 Å². The molecule has 0 radical (unpaired) electrons. The molecule has 5 aliphatic heterocycles. The lowest BCUT2D eigenvalue weighted by Crippen LogP contribution is -2.70. The van der Waals surface area contributed by atoms with Crippen LogP contribution < -0.4 is 10.1 Å². The zero-order chi connectivity index (χ0) is 42.2. The Kier molecular flexibility index (Phi) is 8.98. The van der Waals surface area contributed by atoms with E-state index in [9.17, 15) is 14.4 Å². The number of fused-ring (bicyclic) bond motifs is 6. The number of hydrogen-bond acceptors (Lipinski definition) is 12. The molecule has 1 aromatic heterocycles. The second kappa shape index (κ2) is 13.8. The van der Waals surface area contributed by atoms with E-state index < -0.39 is 28.9 Å². The van der Waals surface area contributed by atoms with E-state index >= 15 is 0 Å². The number of epoxide rings is 3. The number of carbonyl (C=O) groups is 3. The lowest BCUT2D eigenvalue weighted by atomic mass is 9.46. The molecule has 2 saturated carbocycles. The summed E-state index contributed by atoms with van der Waals surface area (Å²) in [6.45, 7) is 15.0. The smallest absolute Gasteiger partial charge is 0.334 e. The van der Waals surface area contributed by atoms with Gasteiger partial charge in [0.1, 0.15) is 35.8 Å². The minimum atomic E-state index is -0.805. The Labute approximate surface area is 356 Å². The SMILES string of the molecule is COc1ccc2nc3cc(C)ccc3c(NC(C)CCCN3CCN(C(=O)CCC(=O)O[C@@H]4[C@@]5(C(C)C)O[C@H]5[C@@H]5O[C@]56[C@]45O[C@H]5C[C@H]4C5=C(CC[C@@]46C)C(=O)OC5)CC3)c2c1. The molecular weight excluding hydrogens is 777 g/mol. The first-order chi connectivity index (χ1) is 29.3. The van der Waals surface area contributed by atoms with Crippen molar-refractivity contribution in [1.82, 2.24) is 14.8 Å². The standard InChI is InChI=1S/C48H58N4O9/c1-26(2)46-41(60-46)42-48(61-42)45(5)16-15-30-33(25-57-43(30)55)34(45)24-37-47(48,59-37)44(46)58-39(54)14-13-38(53)52-20-18-51(19-21-52)17-7-8-28(4)49-40-31-11-9-27(3)22-36(31)50-35-12-10-29(56-6)23-32(35)40/h9-12,22-23,26,28,34,37,41-42,44H,7-8,13-21,24-25H2,1-6H3,(H,49,50)/t28?,34-,37-,41-,42-,44+,45-,46-,47+,48+/m0/s1. The van der Waals surface area contributed by atoms with Crippen LogP contribution in [0.4, 0.5) is 5.69 Å². The van der Waals surface area contributed by atoms with Gasteiger partial charge in [-0.1, -0.05) is 32.9 Å². The first kappa shape index (κ1) is 39.5. The molecule has 4 saturated heterocycles. The van der Waals surface area contributed by atoms with Crippen molar-refractivity contribution >= 4 is 45.3 Å². The molecule has 2 aromatic carbocycles. The molecule has 11 rings (SSSR count). The predicted molar refractivity (Wildman–Crippen MR) is 226 cm³/mol. The van der Waals surface area contributed by atoms with E-state index in [-0.39, 0.29) is 66.3 Å². The normalized spacial score (nSPS) is 36.0. The highest BCUT2D eigenvalue weighted by Gasteiger charge is 3.01. The van der Waals surface area contributed by atoms with Crippen molar-refractivity contribution in [3.8, 4) is 5.75 Å². The molecule has 1 N–H and O–H groups in total. The lowest BCUT2D eigenvalue weighted by Gasteiger charge is -2.53. The Morgan fingerprint density at radius 3 is 2.59 bits per heavy atom. The van der Waals surface area contributed by atoms with E-state index in [0.29, 0.717) is 26.1 Å². The number of benzene rings is 2. The van der Waals surface area contributed by atoms with E-state index in [2.05, 4.69) is 69.1 Å². The molecule has 0 bridgehead atoms. The van der Waals surface area contributed by atoms with Gasteiger partial charge in [0.2, 0.25) is 5.91 Å². The van der Waals surface area contributed by atoms with Gasteiger partial charge in [0.25, 0.3) is 0 Å². The van der Waals surface area contributed by atoms with E-state index in [4.69, 9.17) is 33.4 Å². The fraction of sp³-hybridized carbons (Fsp3) is 0.625. The topological polar surface area (TPSA) is 148 Å². The minimum Gasteiger partial charge on any atom is -0.497 e. The van der Waals surface area contributed by atoms with Crippen LogP contribution in [0.15, 0.2) is 47.5 Å². The summed E-state index contributed by atoms with van der Waals surface area (Å²) in [5.74, 6) is 0.364. The zero-order valence-electron chi connectivity index (χ0n) is 36.2.